The summed E-state index contributed by atoms with van der Waals surface area (Å²) in [6, 6.07) is 5.96. The van der Waals surface area contributed by atoms with Crippen LogP contribution in [0.5, 0.6) is 0 Å². The predicted molar refractivity (Wildman–Crippen MR) is 64.4 cm³/mol. The van der Waals surface area contributed by atoms with Crippen LogP contribution in [0, 0.1) is 0 Å². The molecule has 15 heavy (non-hydrogen) atoms. The van der Waals surface area contributed by atoms with Gasteiger partial charge in [0.2, 0.25) is 0 Å². The Morgan fingerprint density at radius 1 is 1.47 bits per heavy atom. The van der Waals surface area contributed by atoms with Gasteiger partial charge in [0.1, 0.15) is 0 Å². The van der Waals surface area contributed by atoms with Gasteiger partial charge in [0, 0.05) is 29.4 Å². The van der Waals surface area contributed by atoms with Crippen LogP contribution in [0.2, 0.25) is 0 Å². The minimum atomic E-state index is -0.249. The Balaban J connectivity index is 2.20. The molecule has 1 aromatic carbocycles. The summed E-state index contributed by atoms with van der Waals surface area (Å²) in [7, 11) is 0. The first-order valence-electron chi connectivity index (χ1n) is 5.14. The number of nitrogens with two attached hydrogens (primary N) is 1. The van der Waals surface area contributed by atoms with E-state index >= 15 is 0 Å². The van der Waals surface area contributed by atoms with Crippen LogP contribution in [-0.2, 0) is 0 Å². The first-order chi connectivity index (χ1) is 7.31. The smallest absolute Gasteiger partial charge is 0.0911 e. The highest BCUT2D eigenvalue weighted by Crippen LogP contribution is 2.35. The normalized spacial score (nSPS) is 15.1. The fourth-order valence-corrected chi connectivity index (χ4v) is 2.80. The van der Waals surface area contributed by atoms with Gasteiger partial charge >= 0.3 is 0 Å². The Hall–Kier alpha value is -0.900. The predicted octanol–water partition coefficient (Wildman–Crippen LogP) is 2.54. The van der Waals surface area contributed by atoms with E-state index in [0.717, 1.165) is 24.5 Å². The van der Waals surface area contributed by atoms with Crippen LogP contribution in [0.4, 0.5) is 15.8 Å². The Morgan fingerprint density at radius 2 is 2.33 bits per heavy atom. The molecule has 82 valence electrons. The van der Waals surface area contributed by atoms with E-state index in [-0.39, 0.29) is 6.67 Å². The van der Waals surface area contributed by atoms with Gasteiger partial charge in [0.25, 0.3) is 0 Å². The van der Waals surface area contributed by atoms with Crippen molar-refractivity contribution in [2.24, 2.45) is 0 Å². The molecule has 0 atom stereocenters. The van der Waals surface area contributed by atoms with Gasteiger partial charge in [-0.3, -0.25) is 4.39 Å². The average Bonchev–Trinajstić information content (AvgIpc) is 2.26. The van der Waals surface area contributed by atoms with E-state index in [0.29, 0.717) is 6.42 Å². The van der Waals surface area contributed by atoms with Crippen LogP contribution in [0.15, 0.2) is 23.1 Å². The number of benzene rings is 1. The molecule has 1 heterocycles. The van der Waals surface area contributed by atoms with E-state index in [9.17, 15) is 4.39 Å². The Labute approximate surface area is 93.6 Å². The lowest BCUT2D eigenvalue weighted by Gasteiger charge is -2.30. The number of halogens is 1. The molecular weight excluding hydrogens is 211 g/mol. The zero-order valence-corrected chi connectivity index (χ0v) is 9.39. The van der Waals surface area contributed by atoms with Crippen molar-refractivity contribution in [1.82, 2.24) is 0 Å². The van der Waals surface area contributed by atoms with Gasteiger partial charge in [-0.05, 0) is 24.6 Å². The molecule has 1 aromatic rings. The zero-order chi connectivity index (χ0) is 10.7. The maximum absolute atomic E-state index is 12.1. The average molecular weight is 226 g/mol. The number of nitrogen functional groups attached to an aromatic ring is 1. The van der Waals surface area contributed by atoms with Gasteiger partial charge in [-0.15, -0.1) is 11.8 Å². The number of rotatable bonds is 3. The fourth-order valence-electron chi connectivity index (χ4n) is 1.77. The summed E-state index contributed by atoms with van der Waals surface area (Å²) < 4.78 is 12.1. The highest BCUT2D eigenvalue weighted by atomic mass is 32.2. The molecule has 0 amide bonds. The number of alkyl halides is 1. The molecule has 4 heteroatoms. The first-order valence-corrected chi connectivity index (χ1v) is 6.13. The number of hydrogen-bond donors (Lipinski definition) is 1. The molecular formula is C11H15FN2S. The lowest BCUT2D eigenvalue weighted by molar-refractivity contribution is 0.471. The van der Waals surface area contributed by atoms with E-state index < -0.39 is 0 Å². The van der Waals surface area contributed by atoms with E-state index in [1.54, 1.807) is 0 Å². The lowest BCUT2D eigenvalue weighted by atomic mass is 10.2. The number of anilines is 2. The largest absolute Gasteiger partial charge is 0.399 e. The van der Waals surface area contributed by atoms with Crippen LogP contribution in [0.3, 0.4) is 0 Å². The number of thioether (sulfide) groups is 1. The summed E-state index contributed by atoms with van der Waals surface area (Å²) in [6.07, 6.45) is 0.596. The Kier molecular flexibility index (Phi) is 3.36. The molecule has 2 N–H and O–H groups in total. The summed E-state index contributed by atoms with van der Waals surface area (Å²) in [4.78, 5) is 3.48. The highest BCUT2D eigenvalue weighted by Gasteiger charge is 2.16. The molecule has 0 saturated carbocycles. The minimum absolute atomic E-state index is 0.249. The molecule has 2 nitrogen and oxygen atoms in total. The van der Waals surface area contributed by atoms with E-state index in [1.807, 2.05) is 23.9 Å². The van der Waals surface area contributed by atoms with Crippen molar-refractivity contribution in [1.29, 1.82) is 0 Å². The summed E-state index contributed by atoms with van der Waals surface area (Å²) >= 11 is 1.84. The van der Waals surface area contributed by atoms with Gasteiger partial charge in [-0.25, -0.2) is 0 Å². The van der Waals surface area contributed by atoms with Gasteiger partial charge in [0.05, 0.1) is 12.4 Å². The minimum Gasteiger partial charge on any atom is -0.399 e. The van der Waals surface area contributed by atoms with Crippen molar-refractivity contribution < 1.29 is 4.39 Å². The molecule has 1 aliphatic rings. The molecule has 0 radical (unpaired) electrons. The molecule has 1 aliphatic heterocycles. The second kappa shape index (κ2) is 4.75. The SMILES string of the molecule is Nc1ccc2c(c1)N(CCCF)CCS2. The van der Waals surface area contributed by atoms with Gasteiger partial charge < -0.3 is 10.6 Å². The van der Waals surface area contributed by atoms with Crippen LogP contribution in [0.25, 0.3) is 0 Å². The quantitative estimate of drug-likeness (QED) is 0.803. The van der Waals surface area contributed by atoms with Crippen molar-refractivity contribution in [2.45, 2.75) is 11.3 Å². The number of nitrogens with zero attached hydrogens (tertiary/aromatic N) is 1. The number of hydrogen-bond acceptors (Lipinski definition) is 3. The van der Waals surface area contributed by atoms with Gasteiger partial charge in [0.15, 0.2) is 0 Å². The maximum atomic E-state index is 12.1. The summed E-state index contributed by atoms with van der Waals surface area (Å²) in [5.41, 5.74) is 7.71. The molecule has 0 bridgehead atoms. The third-order valence-corrected chi connectivity index (χ3v) is 3.55. The second-order valence-corrected chi connectivity index (χ2v) is 4.74. The van der Waals surface area contributed by atoms with Gasteiger partial charge in [-0.1, -0.05) is 0 Å². The van der Waals surface area contributed by atoms with Crippen molar-refractivity contribution >= 4 is 23.1 Å². The lowest BCUT2D eigenvalue weighted by Crippen LogP contribution is -2.30. The molecule has 0 spiro atoms. The van der Waals surface area contributed by atoms with Crippen LogP contribution in [-0.4, -0.2) is 25.5 Å². The van der Waals surface area contributed by atoms with E-state index in [1.165, 1.54) is 10.6 Å². The van der Waals surface area contributed by atoms with E-state index in [4.69, 9.17) is 5.73 Å². The first kappa shape index (κ1) is 10.6. The van der Waals surface area contributed by atoms with Crippen LogP contribution < -0.4 is 10.6 Å². The monoisotopic (exact) mass is 226 g/mol. The van der Waals surface area contributed by atoms with E-state index in [2.05, 4.69) is 11.0 Å². The topological polar surface area (TPSA) is 29.3 Å². The highest BCUT2D eigenvalue weighted by molar-refractivity contribution is 7.99. The number of fused-ring (bicyclic) bond motifs is 1. The molecule has 0 fully saturated rings. The van der Waals surface area contributed by atoms with Crippen LogP contribution >= 0.6 is 11.8 Å². The van der Waals surface area contributed by atoms with Crippen LogP contribution in [0.1, 0.15) is 6.42 Å². The fraction of sp³-hybridized carbons (Fsp3) is 0.455. The van der Waals surface area contributed by atoms with Crippen molar-refractivity contribution in [3.8, 4) is 0 Å². The molecule has 0 aliphatic carbocycles. The zero-order valence-electron chi connectivity index (χ0n) is 8.58. The molecule has 0 aromatic heterocycles. The molecule has 0 saturated heterocycles. The molecule has 0 unspecified atom stereocenters. The Bertz CT molecular complexity index is 343. The van der Waals surface area contributed by atoms with Gasteiger partial charge in [-0.2, -0.15) is 0 Å². The van der Waals surface area contributed by atoms with Crippen molar-refractivity contribution in [2.75, 3.05) is 36.2 Å². The molecule has 2 rings (SSSR count). The van der Waals surface area contributed by atoms with Crippen molar-refractivity contribution in [3.63, 3.8) is 0 Å². The van der Waals surface area contributed by atoms with Crippen molar-refractivity contribution in [3.05, 3.63) is 18.2 Å². The summed E-state index contributed by atoms with van der Waals surface area (Å²) in [5, 5.41) is 0. The second-order valence-electron chi connectivity index (χ2n) is 3.61. The third kappa shape index (κ3) is 2.37. The third-order valence-electron chi connectivity index (χ3n) is 2.50. The Morgan fingerprint density at radius 3 is 3.13 bits per heavy atom. The standard InChI is InChI=1S/C11H15FN2S/c12-4-1-5-14-6-7-15-11-3-2-9(13)8-10(11)14/h2-3,8H,1,4-7,13H2. The summed E-state index contributed by atoms with van der Waals surface area (Å²) in [5.74, 6) is 1.07. The maximum Gasteiger partial charge on any atom is 0.0911 e. The summed E-state index contributed by atoms with van der Waals surface area (Å²) in [6.45, 7) is 1.52.